The number of carbonyl (C=O) groups excluding carboxylic acids is 1. The summed E-state index contributed by atoms with van der Waals surface area (Å²) in [5.41, 5.74) is 4.93. The largest absolute Gasteiger partial charge is 0.438 e. The van der Waals surface area contributed by atoms with Gasteiger partial charge >= 0.3 is 6.09 Å². The number of benzene rings is 2. The molecular weight excluding hydrogens is 240 g/mol. The molecule has 1 fully saturated rings. The Hall–Kier alpha value is -2.49. The van der Waals surface area contributed by atoms with Gasteiger partial charge in [0.1, 0.15) is 6.10 Å². The number of hydrogen-bond acceptors (Lipinski definition) is 3. The van der Waals surface area contributed by atoms with Crippen molar-refractivity contribution in [1.82, 2.24) is 5.01 Å². The molecule has 0 aromatic heterocycles. The Kier molecular flexibility index (Phi) is 3.06. The second-order valence-corrected chi connectivity index (χ2v) is 4.37. The van der Waals surface area contributed by atoms with Crippen LogP contribution in [0.4, 0.5) is 10.5 Å². The summed E-state index contributed by atoms with van der Waals surface area (Å²) in [4.78, 5) is 11.8. The number of cyclic esters (lactones) is 1. The third kappa shape index (κ3) is 2.52. The third-order valence-electron chi connectivity index (χ3n) is 3.02. The molecule has 1 aliphatic rings. The van der Waals surface area contributed by atoms with Crippen LogP contribution in [0.2, 0.25) is 0 Å². The lowest BCUT2D eigenvalue weighted by Gasteiger charge is -2.15. The number of amides is 1. The summed E-state index contributed by atoms with van der Waals surface area (Å²) in [5, 5.41) is 1.49. The molecule has 1 aliphatic heterocycles. The van der Waals surface area contributed by atoms with E-state index in [1.165, 1.54) is 5.01 Å². The average molecular weight is 254 g/mol. The Morgan fingerprint density at radius 2 is 1.63 bits per heavy atom. The molecule has 4 heteroatoms. The van der Waals surface area contributed by atoms with Crippen LogP contribution in [0.5, 0.6) is 0 Å². The van der Waals surface area contributed by atoms with Gasteiger partial charge in [0.15, 0.2) is 0 Å². The van der Waals surface area contributed by atoms with Crippen LogP contribution < -0.4 is 5.43 Å². The van der Waals surface area contributed by atoms with Crippen LogP contribution in [0.3, 0.4) is 0 Å². The number of ether oxygens (including phenoxy) is 1. The minimum atomic E-state index is -0.349. The topological polar surface area (TPSA) is 41.6 Å². The predicted molar refractivity (Wildman–Crippen MR) is 72.4 cm³/mol. The molecule has 4 nitrogen and oxygen atoms in total. The quantitative estimate of drug-likeness (QED) is 0.914. The lowest BCUT2D eigenvalue weighted by Crippen LogP contribution is -2.30. The predicted octanol–water partition coefficient (Wildman–Crippen LogP) is 3.21. The molecule has 19 heavy (non-hydrogen) atoms. The second-order valence-electron chi connectivity index (χ2n) is 4.37. The smallest absolute Gasteiger partial charge is 0.429 e. The first-order valence-corrected chi connectivity index (χ1v) is 6.18. The van der Waals surface area contributed by atoms with E-state index in [4.69, 9.17) is 4.74 Å². The number of nitrogens with zero attached hydrogens (tertiary/aromatic N) is 1. The van der Waals surface area contributed by atoms with Gasteiger partial charge in [-0.3, -0.25) is 5.43 Å². The molecule has 0 spiro atoms. The molecule has 0 saturated carbocycles. The molecule has 96 valence electrons. The Morgan fingerprint density at radius 1 is 1.00 bits per heavy atom. The van der Waals surface area contributed by atoms with E-state index in [0.29, 0.717) is 6.54 Å². The lowest BCUT2D eigenvalue weighted by atomic mass is 10.1. The van der Waals surface area contributed by atoms with Crippen LogP contribution in [0.1, 0.15) is 11.7 Å². The van der Waals surface area contributed by atoms with Gasteiger partial charge in [0, 0.05) is 0 Å². The Morgan fingerprint density at radius 3 is 2.32 bits per heavy atom. The minimum Gasteiger partial charge on any atom is -0.438 e. The fourth-order valence-corrected chi connectivity index (χ4v) is 2.06. The van der Waals surface area contributed by atoms with Crippen LogP contribution in [0.25, 0.3) is 0 Å². The van der Waals surface area contributed by atoms with Crippen LogP contribution in [-0.4, -0.2) is 17.6 Å². The molecule has 3 rings (SSSR count). The lowest BCUT2D eigenvalue weighted by molar-refractivity contribution is 0.135. The third-order valence-corrected chi connectivity index (χ3v) is 3.02. The maximum absolute atomic E-state index is 11.8. The number of hydrazine groups is 1. The van der Waals surface area contributed by atoms with Crippen LogP contribution in [-0.2, 0) is 4.74 Å². The summed E-state index contributed by atoms with van der Waals surface area (Å²) in [5.74, 6) is 0. The van der Waals surface area contributed by atoms with Crippen LogP contribution in [0, 0.1) is 0 Å². The number of para-hydroxylation sites is 1. The normalized spacial score (nSPS) is 18.2. The van der Waals surface area contributed by atoms with Gasteiger partial charge < -0.3 is 4.74 Å². The van der Waals surface area contributed by atoms with Gasteiger partial charge in [-0.25, -0.2) is 9.80 Å². The molecular formula is C15H14N2O2. The van der Waals surface area contributed by atoms with Crippen molar-refractivity contribution in [1.29, 1.82) is 0 Å². The minimum absolute atomic E-state index is 0.218. The van der Waals surface area contributed by atoms with Crippen molar-refractivity contribution < 1.29 is 9.53 Å². The second kappa shape index (κ2) is 5.02. The number of carbonyl (C=O) groups is 1. The van der Waals surface area contributed by atoms with Crippen LogP contribution in [0.15, 0.2) is 60.7 Å². The first-order chi connectivity index (χ1) is 9.33. The molecule has 1 unspecified atom stereocenters. The van der Waals surface area contributed by atoms with Crippen molar-refractivity contribution >= 4 is 11.8 Å². The monoisotopic (exact) mass is 254 g/mol. The fourth-order valence-electron chi connectivity index (χ4n) is 2.06. The number of nitrogens with one attached hydrogen (secondary N) is 1. The van der Waals surface area contributed by atoms with E-state index in [-0.39, 0.29) is 12.2 Å². The fraction of sp³-hybridized carbons (Fsp3) is 0.133. The molecule has 0 aliphatic carbocycles. The van der Waals surface area contributed by atoms with E-state index in [2.05, 4.69) is 5.43 Å². The molecule has 1 amide bonds. The van der Waals surface area contributed by atoms with Gasteiger partial charge in [0.25, 0.3) is 0 Å². The molecule has 2 aromatic carbocycles. The number of rotatable bonds is 3. The zero-order chi connectivity index (χ0) is 13.1. The van der Waals surface area contributed by atoms with E-state index in [1.54, 1.807) is 0 Å². The molecule has 1 N–H and O–H groups in total. The van der Waals surface area contributed by atoms with E-state index in [9.17, 15) is 4.79 Å². The maximum Gasteiger partial charge on any atom is 0.429 e. The number of hydrogen-bond donors (Lipinski definition) is 1. The van der Waals surface area contributed by atoms with Crippen molar-refractivity contribution in [2.75, 3.05) is 12.0 Å². The van der Waals surface area contributed by atoms with E-state index >= 15 is 0 Å². The highest BCUT2D eigenvalue weighted by atomic mass is 16.6. The molecule has 1 saturated heterocycles. The SMILES string of the molecule is O=C1OC(c2ccccc2)CN1Nc1ccccc1. The van der Waals surface area contributed by atoms with Crippen molar-refractivity contribution in [2.45, 2.75) is 6.10 Å². The Bertz CT molecular complexity index is 557. The highest BCUT2D eigenvalue weighted by Gasteiger charge is 2.32. The van der Waals surface area contributed by atoms with Gasteiger partial charge in [-0.2, -0.15) is 0 Å². The van der Waals surface area contributed by atoms with Gasteiger partial charge in [-0.1, -0.05) is 48.5 Å². The molecule has 0 radical (unpaired) electrons. The molecule has 2 aromatic rings. The van der Waals surface area contributed by atoms with Crippen molar-refractivity contribution in [2.24, 2.45) is 0 Å². The van der Waals surface area contributed by atoms with Crippen molar-refractivity contribution in [3.05, 3.63) is 66.2 Å². The van der Waals surface area contributed by atoms with E-state index in [1.807, 2.05) is 60.7 Å². The number of anilines is 1. The molecule has 0 bridgehead atoms. The highest BCUT2D eigenvalue weighted by molar-refractivity contribution is 5.72. The summed E-state index contributed by atoms with van der Waals surface area (Å²) >= 11 is 0. The zero-order valence-electron chi connectivity index (χ0n) is 10.3. The van der Waals surface area contributed by atoms with Crippen molar-refractivity contribution in [3.8, 4) is 0 Å². The summed E-state index contributed by atoms with van der Waals surface area (Å²) < 4.78 is 5.36. The summed E-state index contributed by atoms with van der Waals surface area (Å²) in [6.45, 7) is 0.498. The summed E-state index contributed by atoms with van der Waals surface area (Å²) in [6.07, 6.45) is -0.567. The molecule has 1 heterocycles. The van der Waals surface area contributed by atoms with Crippen LogP contribution >= 0.6 is 0 Å². The maximum atomic E-state index is 11.8. The van der Waals surface area contributed by atoms with Gasteiger partial charge in [0.05, 0.1) is 12.2 Å². The van der Waals surface area contributed by atoms with Gasteiger partial charge in [-0.05, 0) is 17.7 Å². The van der Waals surface area contributed by atoms with Crippen molar-refractivity contribution in [3.63, 3.8) is 0 Å². The highest BCUT2D eigenvalue weighted by Crippen LogP contribution is 2.26. The first-order valence-electron chi connectivity index (χ1n) is 6.18. The van der Waals surface area contributed by atoms with E-state index in [0.717, 1.165) is 11.3 Å². The molecule has 1 atom stereocenters. The zero-order valence-corrected chi connectivity index (χ0v) is 10.3. The average Bonchev–Trinajstić information content (AvgIpc) is 2.82. The Labute approximate surface area is 111 Å². The summed E-state index contributed by atoms with van der Waals surface area (Å²) in [7, 11) is 0. The van der Waals surface area contributed by atoms with E-state index < -0.39 is 0 Å². The Balaban J connectivity index is 1.71. The standard InChI is InChI=1S/C15H14N2O2/c18-15-17(16-13-9-5-2-6-10-13)11-14(19-15)12-7-3-1-4-8-12/h1-10,14,16H,11H2. The van der Waals surface area contributed by atoms with Gasteiger partial charge in [-0.15, -0.1) is 0 Å². The van der Waals surface area contributed by atoms with Gasteiger partial charge in [0.2, 0.25) is 0 Å². The summed E-state index contributed by atoms with van der Waals surface area (Å²) in [6, 6.07) is 19.3. The first kappa shape index (κ1) is 11.6.